The average Bonchev–Trinajstić information content (AvgIpc) is 3.71. The number of non-ortho nitro benzene ring substituents is 1. The third-order valence-corrected chi connectivity index (χ3v) is 8.34. The van der Waals surface area contributed by atoms with Gasteiger partial charge in [-0.15, -0.1) is 10.2 Å². The van der Waals surface area contributed by atoms with Crippen LogP contribution in [-0.2, 0) is 18.3 Å². The summed E-state index contributed by atoms with van der Waals surface area (Å²) in [5, 5.41) is 19.8. The van der Waals surface area contributed by atoms with Crippen LogP contribution in [-0.4, -0.2) is 61.7 Å². The number of amides is 1. The minimum absolute atomic E-state index is 0.0149. The maximum absolute atomic E-state index is 13.5. The summed E-state index contributed by atoms with van der Waals surface area (Å²) in [6, 6.07) is 20.7. The fourth-order valence-corrected chi connectivity index (χ4v) is 5.91. The Labute approximate surface area is 264 Å². The molecule has 3 heterocycles. The molecule has 5 aromatic rings. The van der Waals surface area contributed by atoms with Gasteiger partial charge in [0.15, 0.2) is 10.9 Å². The Kier molecular flexibility index (Phi) is 8.74. The fourth-order valence-electron chi connectivity index (χ4n) is 5.08. The Morgan fingerprint density at radius 3 is 2.37 bits per heavy atom. The second-order valence-electron chi connectivity index (χ2n) is 10.4. The van der Waals surface area contributed by atoms with Gasteiger partial charge in [-0.1, -0.05) is 48.2 Å². The van der Waals surface area contributed by atoms with Gasteiger partial charge in [0.25, 0.3) is 11.6 Å². The SMILES string of the molecule is O=C(c1coc(CSc2nnc(Cc3ccccc3)n2-c2cccc(C(F)(F)F)c2)n1)N1CCN(c2ccc([N+](=O)[O-])cc2)CC1. The van der Waals surface area contributed by atoms with Crippen molar-refractivity contribution in [2.24, 2.45) is 0 Å². The lowest BCUT2D eigenvalue weighted by atomic mass is 10.1. The van der Waals surface area contributed by atoms with E-state index in [1.165, 1.54) is 36.2 Å². The van der Waals surface area contributed by atoms with Crippen LogP contribution in [0.4, 0.5) is 24.5 Å². The second-order valence-corrected chi connectivity index (χ2v) is 11.4. The van der Waals surface area contributed by atoms with Crippen molar-refractivity contribution >= 4 is 29.0 Å². The summed E-state index contributed by atoms with van der Waals surface area (Å²) in [4.78, 5) is 31.7. The van der Waals surface area contributed by atoms with Crippen LogP contribution in [0.15, 0.2) is 94.7 Å². The van der Waals surface area contributed by atoms with E-state index in [2.05, 4.69) is 15.2 Å². The van der Waals surface area contributed by atoms with Crippen molar-refractivity contribution in [1.82, 2.24) is 24.6 Å². The largest absolute Gasteiger partial charge is 0.447 e. The Balaban J connectivity index is 1.13. The van der Waals surface area contributed by atoms with E-state index in [0.717, 1.165) is 23.4 Å². The molecule has 0 saturated carbocycles. The number of anilines is 1. The van der Waals surface area contributed by atoms with Gasteiger partial charge in [-0.25, -0.2) is 4.98 Å². The van der Waals surface area contributed by atoms with Gasteiger partial charge in [-0.2, -0.15) is 13.2 Å². The number of benzene rings is 3. The number of rotatable bonds is 9. The monoisotopic (exact) mass is 649 g/mol. The number of piperazine rings is 1. The number of carbonyl (C=O) groups excluding carboxylic acids is 1. The highest BCUT2D eigenvalue weighted by molar-refractivity contribution is 7.98. The molecular weight excluding hydrogens is 623 g/mol. The van der Waals surface area contributed by atoms with Gasteiger partial charge < -0.3 is 14.2 Å². The topological polar surface area (TPSA) is 123 Å². The number of nitrogens with zero attached hydrogens (tertiary/aromatic N) is 7. The van der Waals surface area contributed by atoms with Crippen LogP contribution in [0.1, 0.15) is 33.3 Å². The molecule has 11 nitrogen and oxygen atoms in total. The highest BCUT2D eigenvalue weighted by Gasteiger charge is 2.31. The zero-order valence-electron chi connectivity index (χ0n) is 24.1. The number of thioether (sulfide) groups is 1. The Hall–Kier alpha value is -5.18. The number of oxazole rings is 1. The minimum atomic E-state index is -4.52. The van der Waals surface area contributed by atoms with Gasteiger partial charge in [-0.3, -0.25) is 19.5 Å². The summed E-state index contributed by atoms with van der Waals surface area (Å²) in [5.41, 5.74) is 1.39. The molecule has 236 valence electrons. The van der Waals surface area contributed by atoms with Gasteiger partial charge in [0, 0.05) is 50.4 Å². The first-order valence-electron chi connectivity index (χ1n) is 14.2. The molecule has 2 aromatic heterocycles. The van der Waals surface area contributed by atoms with E-state index in [4.69, 9.17) is 4.42 Å². The molecule has 46 heavy (non-hydrogen) atoms. The van der Waals surface area contributed by atoms with Gasteiger partial charge in [0.05, 0.1) is 21.9 Å². The van der Waals surface area contributed by atoms with Crippen molar-refractivity contribution in [1.29, 1.82) is 0 Å². The summed E-state index contributed by atoms with van der Waals surface area (Å²) in [5.74, 6) is 0.578. The average molecular weight is 650 g/mol. The standard InChI is InChI=1S/C31H26F3N7O4S/c32-31(33,34)22-7-4-8-25(18-22)40-27(17-21-5-2-1-3-6-21)36-37-30(40)46-20-28-35-26(19-45-28)29(42)39-15-13-38(14-16-39)23-9-11-24(12-10-23)41(43)44/h1-12,18-19H,13-17,20H2. The first-order valence-corrected chi connectivity index (χ1v) is 15.2. The van der Waals surface area contributed by atoms with Gasteiger partial charge >= 0.3 is 6.18 Å². The van der Waals surface area contributed by atoms with Crippen LogP contribution in [0.2, 0.25) is 0 Å². The number of nitro benzene ring substituents is 1. The lowest BCUT2D eigenvalue weighted by Crippen LogP contribution is -2.48. The van der Waals surface area contributed by atoms with Crippen LogP contribution in [0.25, 0.3) is 5.69 Å². The summed E-state index contributed by atoms with van der Waals surface area (Å²) in [7, 11) is 0. The number of nitro groups is 1. The number of halogens is 3. The summed E-state index contributed by atoms with van der Waals surface area (Å²) in [6.45, 7) is 1.94. The summed E-state index contributed by atoms with van der Waals surface area (Å²) >= 11 is 1.18. The molecule has 0 bridgehead atoms. The van der Waals surface area contributed by atoms with Gasteiger partial charge in [-0.05, 0) is 35.9 Å². The molecule has 0 N–H and O–H groups in total. The first kappa shape index (κ1) is 30.8. The highest BCUT2D eigenvalue weighted by atomic mass is 32.2. The molecule has 0 radical (unpaired) electrons. The Morgan fingerprint density at radius 2 is 1.67 bits per heavy atom. The van der Waals surface area contributed by atoms with Crippen molar-refractivity contribution in [3.05, 3.63) is 124 Å². The molecule has 15 heteroatoms. The van der Waals surface area contributed by atoms with Crippen LogP contribution in [0.3, 0.4) is 0 Å². The maximum Gasteiger partial charge on any atom is 0.416 e. The van der Waals surface area contributed by atoms with E-state index in [1.807, 2.05) is 35.2 Å². The zero-order valence-corrected chi connectivity index (χ0v) is 24.9. The van der Waals surface area contributed by atoms with Crippen molar-refractivity contribution in [2.45, 2.75) is 23.5 Å². The van der Waals surface area contributed by atoms with Crippen LogP contribution >= 0.6 is 11.8 Å². The van der Waals surface area contributed by atoms with E-state index in [-0.39, 0.29) is 34.6 Å². The lowest BCUT2D eigenvalue weighted by Gasteiger charge is -2.35. The molecule has 0 unspecified atom stereocenters. The summed E-state index contributed by atoms with van der Waals surface area (Å²) in [6.07, 6.45) is -2.88. The third kappa shape index (κ3) is 6.88. The molecule has 0 aliphatic carbocycles. The zero-order chi connectivity index (χ0) is 32.3. The molecule has 1 aliphatic rings. The van der Waals surface area contributed by atoms with E-state index >= 15 is 0 Å². The molecule has 6 rings (SSSR count). The van der Waals surface area contributed by atoms with E-state index in [0.29, 0.717) is 43.6 Å². The van der Waals surface area contributed by atoms with Gasteiger partial charge in [0.1, 0.15) is 12.1 Å². The first-order chi connectivity index (χ1) is 22.2. The predicted octanol–water partition coefficient (Wildman–Crippen LogP) is 6.03. The Morgan fingerprint density at radius 1 is 0.935 bits per heavy atom. The third-order valence-electron chi connectivity index (χ3n) is 7.43. The normalized spacial score (nSPS) is 13.6. The quantitative estimate of drug-likeness (QED) is 0.107. The molecule has 1 amide bonds. The van der Waals surface area contributed by atoms with Crippen LogP contribution < -0.4 is 4.90 Å². The number of aromatic nitrogens is 4. The predicted molar refractivity (Wildman–Crippen MR) is 163 cm³/mol. The van der Waals surface area contributed by atoms with Crippen LogP contribution in [0, 0.1) is 10.1 Å². The van der Waals surface area contributed by atoms with Crippen molar-refractivity contribution < 1.29 is 27.3 Å². The number of alkyl halides is 3. The molecule has 1 aliphatic heterocycles. The molecule has 1 fully saturated rings. The van der Waals surface area contributed by atoms with Gasteiger partial charge in [0.2, 0.25) is 5.89 Å². The number of carbonyl (C=O) groups is 1. The van der Waals surface area contributed by atoms with Crippen LogP contribution in [0.5, 0.6) is 0 Å². The lowest BCUT2D eigenvalue weighted by molar-refractivity contribution is -0.384. The molecule has 3 aromatic carbocycles. The molecular formula is C31H26F3N7O4S. The van der Waals surface area contributed by atoms with Crippen molar-refractivity contribution in [3.8, 4) is 5.69 Å². The molecule has 1 saturated heterocycles. The summed E-state index contributed by atoms with van der Waals surface area (Å²) < 4.78 is 47.8. The minimum Gasteiger partial charge on any atom is -0.447 e. The number of hydrogen-bond acceptors (Lipinski definition) is 9. The molecule has 0 atom stereocenters. The highest BCUT2D eigenvalue weighted by Crippen LogP contribution is 2.32. The van der Waals surface area contributed by atoms with Crippen molar-refractivity contribution in [2.75, 3.05) is 31.1 Å². The van der Waals surface area contributed by atoms with E-state index in [9.17, 15) is 28.1 Å². The second kappa shape index (κ2) is 13.0. The fraction of sp³-hybridized carbons (Fsp3) is 0.226. The van der Waals surface area contributed by atoms with E-state index < -0.39 is 16.7 Å². The smallest absolute Gasteiger partial charge is 0.416 e. The molecule has 0 spiro atoms. The Bertz CT molecular complexity index is 1840. The maximum atomic E-state index is 13.5. The van der Waals surface area contributed by atoms with Crippen molar-refractivity contribution in [3.63, 3.8) is 0 Å². The van der Waals surface area contributed by atoms with E-state index in [1.54, 1.807) is 27.7 Å². The number of hydrogen-bond donors (Lipinski definition) is 0.